The molecule has 4 nitrogen and oxygen atoms in total. The van der Waals surface area contributed by atoms with Gasteiger partial charge in [-0.15, -0.1) is 0 Å². The number of rotatable bonds is 4. The molecule has 5 fully saturated rings. The van der Waals surface area contributed by atoms with Gasteiger partial charge in [-0.25, -0.2) is 4.79 Å². The summed E-state index contributed by atoms with van der Waals surface area (Å²) >= 11 is 0. The quantitative estimate of drug-likeness (QED) is 0.839. The van der Waals surface area contributed by atoms with E-state index < -0.39 is 5.54 Å². The number of nitrogens with one attached hydrogen (secondary N) is 1. The van der Waals surface area contributed by atoms with Crippen LogP contribution in [0.1, 0.15) is 52.4 Å². The van der Waals surface area contributed by atoms with Crippen molar-refractivity contribution in [2.24, 2.45) is 29.6 Å². The van der Waals surface area contributed by atoms with Gasteiger partial charge in [0, 0.05) is 12.6 Å². The summed E-state index contributed by atoms with van der Waals surface area (Å²) < 4.78 is 0. The predicted molar refractivity (Wildman–Crippen MR) is 85.3 cm³/mol. The van der Waals surface area contributed by atoms with E-state index in [4.69, 9.17) is 0 Å². The molecule has 4 heteroatoms. The van der Waals surface area contributed by atoms with E-state index in [1.807, 2.05) is 0 Å². The minimum Gasteiger partial charge on any atom is -0.394 e. The lowest BCUT2D eigenvalue weighted by molar-refractivity contribution is -0.0496. The molecule has 0 aromatic carbocycles. The van der Waals surface area contributed by atoms with Crippen LogP contribution >= 0.6 is 0 Å². The van der Waals surface area contributed by atoms with E-state index in [1.165, 1.54) is 32.1 Å². The van der Waals surface area contributed by atoms with Crippen molar-refractivity contribution < 1.29 is 9.90 Å². The molecule has 0 radical (unpaired) electrons. The third-order valence-electron chi connectivity index (χ3n) is 6.74. The molecule has 2 amide bonds. The van der Waals surface area contributed by atoms with Gasteiger partial charge in [-0.2, -0.15) is 0 Å². The number of carbonyl (C=O) groups excluding carboxylic acids is 1. The fourth-order valence-electron chi connectivity index (χ4n) is 6.43. The largest absolute Gasteiger partial charge is 0.394 e. The van der Waals surface area contributed by atoms with Gasteiger partial charge in [0.25, 0.3) is 0 Å². The predicted octanol–water partition coefficient (Wildman–Crippen LogP) is 2.61. The maximum absolute atomic E-state index is 12.7. The van der Waals surface area contributed by atoms with Crippen LogP contribution in [0.25, 0.3) is 0 Å². The first-order valence-electron chi connectivity index (χ1n) is 9.19. The summed E-state index contributed by atoms with van der Waals surface area (Å²) in [4.78, 5) is 14.8. The van der Waals surface area contributed by atoms with Gasteiger partial charge in [0.1, 0.15) is 0 Å². The molecule has 5 rings (SSSR count). The first kappa shape index (κ1) is 14.8. The van der Waals surface area contributed by atoms with Crippen LogP contribution in [0.3, 0.4) is 0 Å². The van der Waals surface area contributed by atoms with E-state index in [0.717, 1.165) is 30.1 Å². The van der Waals surface area contributed by atoms with Crippen LogP contribution in [0.2, 0.25) is 0 Å². The number of carbonyl (C=O) groups is 1. The molecule has 0 aromatic heterocycles. The van der Waals surface area contributed by atoms with Crippen LogP contribution in [-0.2, 0) is 0 Å². The Labute approximate surface area is 133 Å². The summed E-state index contributed by atoms with van der Waals surface area (Å²) in [6, 6.07) is 0.514. The Morgan fingerprint density at radius 1 is 1.18 bits per heavy atom. The van der Waals surface area contributed by atoms with E-state index in [-0.39, 0.29) is 12.6 Å². The minimum atomic E-state index is -0.417. The highest BCUT2D eigenvalue weighted by molar-refractivity contribution is 5.78. The lowest BCUT2D eigenvalue weighted by Crippen LogP contribution is -2.57. The molecule has 5 aliphatic rings. The lowest BCUT2D eigenvalue weighted by Gasteiger charge is -2.56. The van der Waals surface area contributed by atoms with Crippen molar-refractivity contribution >= 4 is 6.03 Å². The Balaban J connectivity index is 1.54. The number of nitrogens with zero attached hydrogens (tertiary/aromatic N) is 1. The van der Waals surface area contributed by atoms with Gasteiger partial charge in [0.2, 0.25) is 0 Å². The molecule has 1 atom stereocenters. The van der Waals surface area contributed by atoms with Gasteiger partial charge in [0.15, 0.2) is 0 Å². The van der Waals surface area contributed by atoms with E-state index in [9.17, 15) is 9.90 Å². The average Bonchev–Trinajstić information content (AvgIpc) is 2.74. The van der Waals surface area contributed by atoms with Gasteiger partial charge in [-0.3, -0.25) is 0 Å². The number of hydrogen-bond acceptors (Lipinski definition) is 2. The van der Waals surface area contributed by atoms with E-state index >= 15 is 0 Å². The molecule has 1 heterocycles. The van der Waals surface area contributed by atoms with E-state index in [1.54, 1.807) is 0 Å². The zero-order chi connectivity index (χ0) is 15.5. The molecule has 1 saturated heterocycles. The van der Waals surface area contributed by atoms with Crippen molar-refractivity contribution in [2.45, 2.75) is 64.0 Å². The Hall–Kier alpha value is -0.770. The molecule has 4 saturated carbocycles. The zero-order valence-electron chi connectivity index (χ0n) is 13.9. The van der Waals surface area contributed by atoms with Crippen molar-refractivity contribution in [3.8, 4) is 0 Å². The van der Waals surface area contributed by atoms with Gasteiger partial charge in [-0.05, 0) is 68.1 Å². The number of aliphatic hydroxyl groups is 1. The average molecular weight is 306 g/mol. The van der Waals surface area contributed by atoms with Crippen molar-refractivity contribution in [1.29, 1.82) is 0 Å². The molecule has 124 valence electrons. The summed E-state index contributed by atoms with van der Waals surface area (Å²) in [7, 11) is 0. The number of amides is 2. The highest BCUT2D eigenvalue weighted by Gasteiger charge is 2.54. The second-order valence-corrected chi connectivity index (χ2v) is 9.02. The standard InChI is InChI=1S/C18H30N2O2/c1-11(2)8-18(10-21)9-20(17(22)19-18)16-14-4-12-3-13(6-14)7-15(16)5-12/h11-16,21H,3-10H2,1-2H3,(H,19,22). The first-order valence-corrected chi connectivity index (χ1v) is 9.19. The lowest BCUT2D eigenvalue weighted by atomic mass is 9.54. The smallest absolute Gasteiger partial charge is 0.318 e. The molecule has 2 N–H and O–H groups in total. The van der Waals surface area contributed by atoms with Crippen molar-refractivity contribution in [3.05, 3.63) is 0 Å². The second-order valence-electron chi connectivity index (χ2n) is 9.02. The first-order chi connectivity index (χ1) is 10.5. The maximum Gasteiger partial charge on any atom is 0.318 e. The Kier molecular flexibility index (Phi) is 3.44. The van der Waals surface area contributed by atoms with Crippen LogP contribution in [0, 0.1) is 29.6 Å². The Bertz CT molecular complexity index is 436. The second kappa shape index (κ2) is 5.12. The molecule has 0 spiro atoms. The van der Waals surface area contributed by atoms with Gasteiger partial charge in [0.05, 0.1) is 12.1 Å². The van der Waals surface area contributed by atoms with Crippen molar-refractivity contribution in [1.82, 2.24) is 10.2 Å². The molecule has 22 heavy (non-hydrogen) atoms. The summed E-state index contributed by atoms with van der Waals surface area (Å²) in [5.74, 6) is 3.78. The van der Waals surface area contributed by atoms with Gasteiger partial charge < -0.3 is 15.3 Å². The van der Waals surface area contributed by atoms with Crippen molar-refractivity contribution in [3.63, 3.8) is 0 Å². The molecular weight excluding hydrogens is 276 g/mol. The van der Waals surface area contributed by atoms with Gasteiger partial charge >= 0.3 is 6.03 Å². The number of urea groups is 1. The van der Waals surface area contributed by atoms with Crippen LogP contribution in [0.4, 0.5) is 4.79 Å². The third-order valence-corrected chi connectivity index (χ3v) is 6.74. The normalized spacial score (nSPS) is 46.6. The fraction of sp³-hybridized carbons (Fsp3) is 0.944. The highest BCUT2D eigenvalue weighted by atomic mass is 16.3. The molecule has 4 bridgehead atoms. The maximum atomic E-state index is 12.7. The molecule has 1 aliphatic heterocycles. The van der Waals surface area contributed by atoms with Crippen LogP contribution in [0.15, 0.2) is 0 Å². The van der Waals surface area contributed by atoms with Crippen molar-refractivity contribution in [2.75, 3.05) is 13.2 Å². The van der Waals surface area contributed by atoms with Gasteiger partial charge in [-0.1, -0.05) is 13.8 Å². The zero-order valence-corrected chi connectivity index (χ0v) is 13.9. The summed E-state index contributed by atoms with van der Waals surface area (Å²) in [6.07, 6.45) is 7.63. The molecule has 4 aliphatic carbocycles. The topological polar surface area (TPSA) is 52.6 Å². The summed E-state index contributed by atoms with van der Waals surface area (Å²) in [5.41, 5.74) is -0.417. The fourth-order valence-corrected chi connectivity index (χ4v) is 6.43. The van der Waals surface area contributed by atoms with E-state index in [2.05, 4.69) is 24.1 Å². The Morgan fingerprint density at radius 3 is 2.27 bits per heavy atom. The van der Waals surface area contributed by atoms with Crippen LogP contribution in [-0.4, -0.2) is 40.8 Å². The summed E-state index contributed by atoms with van der Waals surface area (Å²) in [5, 5.41) is 13.1. The third kappa shape index (κ3) is 2.26. The van der Waals surface area contributed by atoms with Crippen LogP contribution < -0.4 is 5.32 Å². The number of aliphatic hydroxyl groups excluding tert-OH is 1. The Morgan fingerprint density at radius 2 is 1.77 bits per heavy atom. The SMILES string of the molecule is CC(C)CC1(CO)CN(C2C3CC4CC(C3)CC2C4)C(=O)N1. The molecular formula is C18H30N2O2. The number of hydrogen-bond donors (Lipinski definition) is 2. The summed E-state index contributed by atoms with van der Waals surface area (Å²) in [6.45, 7) is 5.08. The molecule has 1 unspecified atom stereocenters. The minimum absolute atomic E-state index is 0.0563. The van der Waals surface area contributed by atoms with Crippen LogP contribution in [0.5, 0.6) is 0 Å². The highest BCUT2D eigenvalue weighted by Crippen LogP contribution is 2.55. The monoisotopic (exact) mass is 306 g/mol. The molecule has 0 aromatic rings. The van der Waals surface area contributed by atoms with E-state index in [0.29, 0.717) is 18.5 Å².